The van der Waals surface area contributed by atoms with Crippen molar-refractivity contribution in [3.63, 3.8) is 0 Å². The summed E-state index contributed by atoms with van der Waals surface area (Å²) in [5.41, 5.74) is -1.03. The quantitative estimate of drug-likeness (QED) is 0.624. The van der Waals surface area contributed by atoms with E-state index in [9.17, 15) is 14.0 Å². The van der Waals surface area contributed by atoms with Crippen LogP contribution in [0.4, 0.5) is 14.9 Å². The number of carbonyl (C=O) groups is 2. The molecule has 24 heavy (non-hydrogen) atoms. The number of ether oxygens (including phenoxy) is 3. The number of esters is 1. The van der Waals surface area contributed by atoms with Crippen molar-refractivity contribution in [3.8, 4) is 18.1 Å². The van der Waals surface area contributed by atoms with Crippen LogP contribution in [-0.4, -0.2) is 38.4 Å². The fraction of sp³-hybridized carbons (Fsp3) is 0.412. The highest BCUT2D eigenvalue weighted by molar-refractivity contribution is 5.94. The van der Waals surface area contributed by atoms with Crippen LogP contribution in [0.3, 0.4) is 0 Å². The molecule has 0 N–H and O–H groups in total. The van der Waals surface area contributed by atoms with E-state index >= 15 is 0 Å². The number of halogens is 1. The van der Waals surface area contributed by atoms with Crippen molar-refractivity contribution in [2.45, 2.75) is 26.4 Å². The lowest BCUT2D eigenvalue weighted by Gasteiger charge is -2.27. The Balaban J connectivity index is 3.38. The summed E-state index contributed by atoms with van der Waals surface area (Å²) in [7, 11) is 2.45. The van der Waals surface area contributed by atoms with Gasteiger partial charge in [0.1, 0.15) is 17.2 Å². The lowest BCUT2D eigenvalue weighted by atomic mass is 10.1. The zero-order chi connectivity index (χ0) is 18.5. The molecule has 0 unspecified atom stereocenters. The van der Waals surface area contributed by atoms with Crippen molar-refractivity contribution in [2.75, 3.05) is 25.7 Å². The van der Waals surface area contributed by atoms with Gasteiger partial charge >= 0.3 is 12.1 Å². The van der Waals surface area contributed by atoms with E-state index in [0.717, 1.165) is 24.1 Å². The monoisotopic (exact) mass is 337 g/mol. The first-order chi connectivity index (χ1) is 11.1. The molecule has 0 heterocycles. The molecule has 0 atom stereocenters. The van der Waals surface area contributed by atoms with Crippen molar-refractivity contribution in [1.29, 1.82) is 0 Å². The third-order valence-electron chi connectivity index (χ3n) is 2.83. The van der Waals surface area contributed by atoms with Crippen LogP contribution in [0.25, 0.3) is 0 Å². The second-order valence-corrected chi connectivity index (χ2v) is 5.77. The summed E-state index contributed by atoms with van der Waals surface area (Å²) in [5, 5.41) is 0. The van der Waals surface area contributed by atoms with E-state index in [1.54, 1.807) is 20.8 Å². The average Bonchev–Trinajstić information content (AvgIpc) is 2.49. The Morgan fingerprint density at radius 1 is 1.29 bits per heavy atom. The smallest absolute Gasteiger partial charge is 0.415 e. The molecule has 1 aromatic rings. The predicted octanol–water partition coefficient (Wildman–Crippen LogP) is 3.00. The first-order valence-electron chi connectivity index (χ1n) is 7.04. The first-order valence-corrected chi connectivity index (χ1v) is 7.04. The van der Waals surface area contributed by atoms with Gasteiger partial charge in [0.2, 0.25) is 0 Å². The third-order valence-corrected chi connectivity index (χ3v) is 2.83. The fourth-order valence-corrected chi connectivity index (χ4v) is 1.84. The van der Waals surface area contributed by atoms with E-state index in [2.05, 4.69) is 10.7 Å². The maximum absolute atomic E-state index is 14.2. The number of terminal acetylenes is 1. The number of hydrogen-bond acceptors (Lipinski definition) is 5. The number of amides is 1. The number of carbonyl (C=O) groups excluding carboxylic acids is 2. The minimum absolute atomic E-state index is 0.0508. The first kappa shape index (κ1) is 19.3. The third kappa shape index (κ3) is 4.62. The highest BCUT2D eigenvalue weighted by atomic mass is 19.1. The normalized spacial score (nSPS) is 10.5. The Hall–Kier alpha value is -2.75. The Kier molecular flexibility index (Phi) is 6.18. The summed E-state index contributed by atoms with van der Waals surface area (Å²) >= 11 is 0. The van der Waals surface area contributed by atoms with Crippen LogP contribution in [0.2, 0.25) is 0 Å². The molecule has 1 aromatic carbocycles. The van der Waals surface area contributed by atoms with Gasteiger partial charge in [0.05, 0.1) is 32.0 Å². The van der Waals surface area contributed by atoms with Gasteiger partial charge in [-0.1, -0.05) is 5.92 Å². The second-order valence-electron chi connectivity index (χ2n) is 5.77. The predicted molar refractivity (Wildman–Crippen MR) is 86.7 cm³/mol. The summed E-state index contributed by atoms with van der Waals surface area (Å²) < 4.78 is 29.1. The lowest BCUT2D eigenvalue weighted by Crippen LogP contribution is -2.37. The molecule has 0 aliphatic rings. The van der Waals surface area contributed by atoms with Gasteiger partial charge in [-0.05, 0) is 26.8 Å². The van der Waals surface area contributed by atoms with Crippen molar-refractivity contribution >= 4 is 17.7 Å². The SMILES string of the molecule is C#CCN(C(=O)OC(C)(C)C)c1cc(F)c(C(=O)OC)cc1OC. The van der Waals surface area contributed by atoms with Gasteiger partial charge in [-0.3, -0.25) is 4.90 Å². The minimum atomic E-state index is -0.872. The number of nitrogens with zero attached hydrogens (tertiary/aromatic N) is 1. The van der Waals surface area contributed by atoms with E-state index in [1.165, 1.54) is 7.11 Å². The van der Waals surface area contributed by atoms with Gasteiger partial charge in [0, 0.05) is 6.07 Å². The van der Waals surface area contributed by atoms with Gasteiger partial charge in [-0.15, -0.1) is 6.42 Å². The molecule has 7 heteroatoms. The Morgan fingerprint density at radius 3 is 2.38 bits per heavy atom. The average molecular weight is 337 g/mol. The molecule has 0 spiro atoms. The van der Waals surface area contributed by atoms with Crippen molar-refractivity contribution in [2.24, 2.45) is 0 Å². The maximum Gasteiger partial charge on any atom is 0.415 e. The number of hydrogen-bond donors (Lipinski definition) is 0. The molecule has 0 aliphatic carbocycles. The van der Waals surface area contributed by atoms with Crippen LogP contribution in [-0.2, 0) is 9.47 Å². The van der Waals surface area contributed by atoms with Gasteiger partial charge in [0.25, 0.3) is 0 Å². The summed E-state index contributed by atoms with van der Waals surface area (Å²) in [5.74, 6) is 0.654. The molecule has 0 fully saturated rings. The van der Waals surface area contributed by atoms with Crippen LogP contribution in [0.15, 0.2) is 12.1 Å². The Bertz CT molecular complexity index is 673. The van der Waals surface area contributed by atoms with Gasteiger partial charge < -0.3 is 14.2 Å². The van der Waals surface area contributed by atoms with Crippen molar-refractivity contribution < 1.29 is 28.2 Å². The van der Waals surface area contributed by atoms with Crippen molar-refractivity contribution in [1.82, 2.24) is 0 Å². The molecule has 0 saturated heterocycles. The molecule has 1 amide bonds. The fourth-order valence-electron chi connectivity index (χ4n) is 1.84. The number of rotatable bonds is 4. The summed E-state index contributed by atoms with van der Waals surface area (Å²) in [6, 6.07) is 2.12. The molecular weight excluding hydrogens is 317 g/mol. The highest BCUT2D eigenvalue weighted by Crippen LogP contribution is 2.32. The van der Waals surface area contributed by atoms with Crippen LogP contribution in [0.5, 0.6) is 5.75 Å². The zero-order valence-corrected chi connectivity index (χ0v) is 14.3. The second kappa shape index (κ2) is 7.68. The van der Waals surface area contributed by atoms with E-state index < -0.39 is 23.5 Å². The van der Waals surface area contributed by atoms with Crippen LogP contribution < -0.4 is 9.64 Å². The van der Waals surface area contributed by atoms with Gasteiger partial charge in [0.15, 0.2) is 0 Å². The molecule has 1 rings (SSSR count). The van der Waals surface area contributed by atoms with Crippen molar-refractivity contribution in [3.05, 3.63) is 23.5 Å². The molecule has 6 nitrogen and oxygen atoms in total. The molecule has 0 saturated carbocycles. The van der Waals surface area contributed by atoms with Gasteiger partial charge in [-0.25, -0.2) is 14.0 Å². The maximum atomic E-state index is 14.2. The standard InChI is InChI=1S/C17H20FNO5/c1-7-8-19(16(21)24-17(2,3)4)13-10-12(18)11(15(20)23-6)9-14(13)22-5/h1,9-10H,8H2,2-6H3. The summed E-state index contributed by atoms with van der Waals surface area (Å²) in [4.78, 5) is 25.0. The Labute approximate surface area is 140 Å². The molecule has 0 aromatic heterocycles. The van der Waals surface area contributed by atoms with Crippen LogP contribution in [0.1, 0.15) is 31.1 Å². The topological polar surface area (TPSA) is 65.1 Å². The molecule has 0 radical (unpaired) electrons. The summed E-state index contributed by atoms with van der Waals surface area (Å²) in [6.45, 7) is 4.91. The van der Waals surface area contributed by atoms with Crippen LogP contribution >= 0.6 is 0 Å². The molecule has 130 valence electrons. The highest BCUT2D eigenvalue weighted by Gasteiger charge is 2.27. The molecule has 0 aliphatic heterocycles. The number of methoxy groups -OCH3 is 2. The molecule has 0 bridgehead atoms. The zero-order valence-electron chi connectivity index (χ0n) is 14.3. The largest absolute Gasteiger partial charge is 0.495 e. The van der Waals surface area contributed by atoms with E-state index in [1.807, 2.05) is 0 Å². The lowest BCUT2D eigenvalue weighted by molar-refractivity contribution is 0.0581. The summed E-state index contributed by atoms with van der Waals surface area (Å²) in [6.07, 6.45) is 4.53. The van der Waals surface area contributed by atoms with Gasteiger partial charge in [-0.2, -0.15) is 0 Å². The minimum Gasteiger partial charge on any atom is -0.495 e. The number of anilines is 1. The molecular formula is C17H20FNO5. The van der Waals surface area contributed by atoms with E-state index in [0.29, 0.717) is 0 Å². The van der Waals surface area contributed by atoms with E-state index in [4.69, 9.17) is 15.9 Å². The number of benzene rings is 1. The van der Waals surface area contributed by atoms with Crippen LogP contribution in [0, 0.1) is 18.2 Å². The van der Waals surface area contributed by atoms with E-state index in [-0.39, 0.29) is 23.5 Å². The Morgan fingerprint density at radius 2 is 1.92 bits per heavy atom.